The van der Waals surface area contributed by atoms with E-state index in [0.29, 0.717) is 12.0 Å². The van der Waals surface area contributed by atoms with Gasteiger partial charge in [-0.2, -0.15) is 0 Å². The maximum atomic E-state index is 12.3. The first-order valence-corrected chi connectivity index (χ1v) is 13.3. The molecule has 2 aliphatic rings. The summed E-state index contributed by atoms with van der Waals surface area (Å²) in [4.78, 5) is 46.5. The van der Waals surface area contributed by atoms with E-state index in [2.05, 4.69) is 41.7 Å². The number of anilines is 1. The molecule has 1 fully saturated rings. The molecule has 0 spiro atoms. The van der Waals surface area contributed by atoms with E-state index >= 15 is 0 Å². The molecule has 204 valence electrons. The highest BCUT2D eigenvalue weighted by molar-refractivity contribution is 6.01. The number of amides is 2. The lowest BCUT2D eigenvalue weighted by Crippen LogP contribution is -2.40. The number of carbonyl (C=O) groups excluding carboxylic acids is 3. The maximum Gasteiger partial charge on any atom is 0.253 e. The highest BCUT2D eigenvalue weighted by atomic mass is 16.2. The molecule has 0 saturated carbocycles. The number of aromatic nitrogens is 3. The molecule has 2 amide bonds. The van der Waals surface area contributed by atoms with Gasteiger partial charge in [0.1, 0.15) is 17.1 Å². The van der Waals surface area contributed by atoms with E-state index in [0.717, 1.165) is 45.9 Å². The Morgan fingerprint density at radius 3 is 2.26 bits per heavy atom. The predicted molar refractivity (Wildman–Crippen MR) is 151 cm³/mol. The quantitative estimate of drug-likeness (QED) is 0.363. The van der Waals surface area contributed by atoms with Crippen molar-refractivity contribution in [2.45, 2.75) is 92.3 Å². The highest BCUT2D eigenvalue weighted by Crippen LogP contribution is 2.31. The number of piperidine rings is 1. The van der Waals surface area contributed by atoms with E-state index in [1.807, 2.05) is 58.9 Å². The molecule has 2 aliphatic heterocycles. The molecule has 0 bridgehead atoms. The number of nitrogens with one attached hydrogen (secondary N) is 4. The van der Waals surface area contributed by atoms with Gasteiger partial charge in [0.15, 0.2) is 0 Å². The SMILES string of the molecule is CC.CC1CC(=O)CC(=O)N1.Cc1nc2cccc(-c3cc4c([nH]3)CC(C)NC4=O)c2nc1NC(C)(C)C. The number of hydrogen-bond donors (Lipinski definition) is 4. The zero-order chi connectivity index (χ0) is 28.2. The summed E-state index contributed by atoms with van der Waals surface area (Å²) in [5.74, 6) is 0.665. The van der Waals surface area contributed by atoms with Crippen molar-refractivity contribution in [2.75, 3.05) is 5.32 Å². The van der Waals surface area contributed by atoms with Crippen molar-refractivity contribution in [3.63, 3.8) is 0 Å². The Morgan fingerprint density at radius 2 is 1.63 bits per heavy atom. The number of benzene rings is 1. The lowest BCUT2D eigenvalue weighted by molar-refractivity contribution is -0.131. The van der Waals surface area contributed by atoms with Crippen LogP contribution in [0.2, 0.25) is 0 Å². The summed E-state index contributed by atoms with van der Waals surface area (Å²) in [7, 11) is 0. The van der Waals surface area contributed by atoms with Crippen molar-refractivity contribution in [3.8, 4) is 11.3 Å². The zero-order valence-electron chi connectivity index (χ0n) is 23.7. The molecule has 38 heavy (non-hydrogen) atoms. The number of H-pyrrole nitrogens is 1. The van der Waals surface area contributed by atoms with E-state index in [9.17, 15) is 14.4 Å². The van der Waals surface area contributed by atoms with Gasteiger partial charge in [-0.25, -0.2) is 9.97 Å². The van der Waals surface area contributed by atoms with Gasteiger partial charge in [-0.1, -0.05) is 26.0 Å². The van der Waals surface area contributed by atoms with Crippen molar-refractivity contribution in [3.05, 3.63) is 41.2 Å². The van der Waals surface area contributed by atoms with Gasteiger partial charge >= 0.3 is 0 Å². The van der Waals surface area contributed by atoms with E-state index < -0.39 is 0 Å². The first-order chi connectivity index (χ1) is 17.9. The van der Waals surface area contributed by atoms with Crippen LogP contribution in [-0.2, 0) is 16.0 Å². The molecule has 4 heterocycles. The third-order valence-corrected chi connectivity index (χ3v) is 5.98. The number of nitrogens with zero attached hydrogens (tertiary/aromatic N) is 2. The summed E-state index contributed by atoms with van der Waals surface area (Å²) in [6, 6.07) is 8.06. The number of ketones is 1. The van der Waals surface area contributed by atoms with Crippen LogP contribution in [0.1, 0.15) is 83.1 Å². The average molecular weight is 521 g/mol. The smallest absolute Gasteiger partial charge is 0.253 e. The fourth-order valence-electron chi connectivity index (χ4n) is 4.49. The standard InChI is InChI=1S/C21H25N5O.C6H9NO2.C2H6/c1-11-9-16-14(20(27)22-11)10-17(24-16)13-7-6-8-15-18(13)25-19(12(2)23-15)26-21(3,4)5;1-4-2-5(8)3-6(9)7-4;1-2/h6-8,10-11,24H,9H2,1-5H3,(H,22,27)(H,25,26);4H,2-3H2,1H3,(H,7,9);1-2H3. The summed E-state index contributed by atoms with van der Waals surface area (Å²) in [6.07, 6.45) is 1.36. The molecule has 1 saturated heterocycles. The molecule has 9 heteroatoms. The van der Waals surface area contributed by atoms with Gasteiger partial charge in [-0.3, -0.25) is 14.4 Å². The number of para-hydroxylation sites is 1. The summed E-state index contributed by atoms with van der Waals surface area (Å²) in [6.45, 7) is 16.1. The number of carbonyl (C=O) groups is 3. The number of hydrogen-bond acceptors (Lipinski definition) is 6. The van der Waals surface area contributed by atoms with Crippen LogP contribution in [-0.4, -0.2) is 50.2 Å². The Balaban J connectivity index is 0.000000307. The molecule has 1 aromatic carbocycles. The first kappa shape index (κ1) is 28.8. The minimum Gasteiger partial charge on any atom is -0.364 e. The van der Waals surface area contributed by atoms with Gasteiger partial charge in [-0.15, -0.1) is 0 Å². The summed E-state index contributed by atoms with van der Waals surface area (Å²) >= 11 is 0. The number of rotatable bonds is 2. The van der Waals surface area contributed by atoms with Gasteiger partial charge in [0.05, 0.1) is 23.2 Å². The van der Waals surface area contributed by atoms with Crippen LogP contribution in [0.3, 0.4) is 0 Å². The molecule has 3 aromatic rings. The molecule has 4 N–H and O–H groups in total. The van der Waals surface area contributed by atoms with Crippen molar-refractivity contribution < 1.29 is 14.4 Å². The Kier molecular flexibility index (Phi) is 8.91. The van der Waals surface area contributed by atoms with Gasteiger partial charge in [0, 0.05) is 47.4 Å². The topological polar surface area (TPSA) is 129 Å². The Bertz CT molecular complexity index is 1320. The molecular weight excluding hydrogens is 480 g/mol. The van der Waals surface area contributed by atoms with Crippen LogP contribution in [0, 0.1) is 6.92 Å². The van der Waals surface area contributed by atoms with Gasteiger partial charge in [-0.05, 0) is 53.7 Å². The van der Waals surface area contributed by atoms with E-state index in [1.54, 1.807) is 0 Å². The lowest BCUT2D eigenvalue weighted by Gasteiger charge is -2.22. The maximum absolute atomic E-state index is 12.3. The largest absolute Gasteiger partial charge is 0.364 e. The van der Waals surface area contributed by atoms with E-state index in [4.69, 9.17) is 9.97 Å². The minimum atomic E-state index is -0.140. The fraction of sp³-hybridized carbons (Fsp3) is 0.483. The number of aryl methyl sites for hydroxylation is 1. The predicted octanol–water partition coefficient (Wildman–Crippen LogP) is 4.70. The Hall–Kier alpha value is -3.75. The van der Waals surface area contributed by atoms with Crippen LogP contribution in [0.25, 0.3) is 22.3 Å². The van der Waals surface area contributed by atoms with Crippen LogP contribution in [0.4, 0.5) is 5.82 Å². The third-order valence-electron chi connectivity index (χ3n) is 5.98. The fourth-order valence-corrected chi connectivity index (χ4v) is 4.49. The van der Waals surface area contributed by atoms with E-state index in [1.165, 1.54) is 0 Å². The van der Waals surface area contributed by atoms with Gasteiger partial charge in [0.2, 0.25) is 5.91 Å². The minimum absolute atomic E-state index is 0.0245. The van der Waals surface area contributed by atoms with Crippen molar-refractivity contribution in [1.82, 2.24) is 25.6 Å². The summed E-state index contributed by atoms with van der Waals surface area (Å²) in [5, 5.41) is 9.07. The summed E-state index contributed by atoms with van der Waals surface area (Å²) in [5.41, 5.74) is 5.97. The molecular formula is C29H40N6O3. The molecule has 2 aromatic heterocycles. The number of aromatic amines is 1. The third kappa shape index (κ3) is 6.96. The van der Waals surface area contributed by atoms with Crippen molar-refractivity contribution in [2.24, 2.45) is 0 Å². The van der Waals surface area contributed by atoms with Gasteiger partial charge < -0.3 is 20.9 Å². The number of fused-ring (bicyclic) bond motifs is 2. The van der Waals surface area contributed by atoms with Crippen molar-refractivity contribution in [1.29, 1.82) is 0 Å². The molecule has 2 unspecified atom stereocenters. The zero-order valence-corrected chi connectivity index (χ0v) is 23.7. The molecule has 0 aliphatic carbocycles. The summed E-state index contributed by atoms with van der Waals surface area (Å²) < 4.78 is 0. The van der Waals surface area contributed by atoms with Gasteiger partial charge in [0.25, 0.3) is 5.91 Å². The monoisotopic (exact) mass is 520 g/mol. The van der Waals surface area contributed by atoms with Crippen LogP contribution in [0.15, 0.2) is 24.3 Å². The molecule has 2 atom stereocenters. The lowest BCUT2D eigenvalue weighted by atomic mass is 10.0. The second-order valence-corrected chi connectivity index (χ2v) is 10.7. The van der Waals surface area contributed by atoms with Crippen LogP contribution < -0.4 is 16.0 Å². The number of Topliss-reactive ketones (excluding diaryl/α,β-unsaturated/α-hetero) is 1. The van der Waals surface area contributed by atoms with Crippen molar-refractivity contribution >= 4 is 34.4 Å². The Labute approximate surface area is 224 Å². The average Bonchev–Trinajstić information content (AvgIpc) is 3.23. The normalized spacial score (nSPS) is 18.8. The van der Waals surface area contributed by atoms with Crippen LogP contribution in [0.5, 0.6) is 0 Å². The second-order valence-electron chi connectivity index (χ2n) is 10.7. The molecule has 9 nitrogen and oxygen atoms in total. The highest BCUT2D eigenvalue weighted by Gasteiger charge is 2.25. The van der Waals surface area contributed by atoms with Crippen LogP contribution >= 0.6 is 0 Å². The van der Waals surface area contributed by atoms with E-state index in [-0.39, 0.29) is 41.6 Å². The second kappa shape index (κ2) is 11.8. The molecule has 0 radical (unpaired) electrons. The molecule has 5 rings (SSSR count). The Morgan fingerprint density at radius 1 is 0.947 bits per heavy atom. The first-order valence-electron chi connectivity index (χ1n) is 13.3.